The number of allylic oxidation sites excluding steroid dienone is 1. The first kappa shape index (κ1) is 30.5. The second-order valence-corrected chi connectivity index (χ2v) is 11.9. The fourth-order valence-corrected chi connectivity index (χ4v) is 5.98. The maximum absolute atomic E-state index is 14.1. The van der Waals surface area contributed by atoms with Crippen molar-refractivity contribution >= 4 is 34.3 Å². The third kappa shape index (κ3) is 6.35. The Morgan fingerprint density at radius 1 is 1.18 bits per heavy atom. The largest absolute Gasteiger partial charge is 0.504 e. The molecule has 0 aromatic carbocycles. The molecule has 45 heavy (non-hydrogen) atoms. The van der Waals surface area contributed by atoms with E-state index in [0.717, 1.165) is 24.3 Å². The number of rotatable bonds is 10. The summed E-state index contributed by atoms with van der Waals surface area (Å²) < 4.78 is 13.4. The molecule has 2 aliphatic heterocycles. The van der Waals surface area contributed by atoms with Gasteiger partial charge in [-0.3, -0.25) is 14.4 Å². The van der Waals surface area contributed by atoms with Gasteiger partial charge >= 0.3 is 0 Å². The van der Waals surface area contributed by atoms with Crippen molar-refractivity contribution in [2.75, 3.05) is 44.3 Å². The molecule has 3 aromatic rings. The quantitative estimate of drug-likeness (QED) is 0.347. The number of pyridine rings is 1. The molecule has 2 N–H and O–H groups in total. The van der Waals surface area contributed by atoms with Crippen LogP contribution >= 0.6 is 0 Å². The fraction of sp³-hybridized carbons (Fsp3) is 0.500. The predicted molar refractivity (Wildman–Crippen MR) is 167 cm³/mol. The first-order chi connectivity index (χ1) is 21.7. The van der Waals surface area contributed by atoms with Gasteiger partial charge in [0.15, 0.2) is 17.0 Å². The van der Waals surface area contributed by atoms with Crippen LogP contribution < -0.4 is 15.6 Å². The molecule has 6 rings (SSSR count). The van der Waals surface area contributed by atoms with Crippen LogP contribution in [0.3, 0.4) is 0 Å². The zero-order chi connectivity index (χ0) is 31.7. The van der Waals surface area contributed by atoms with Crippen LogP contribution in [0.1, 0.15) is 66.8 Å². The van der Waals surface area contributed by atoms with E-state index >= 15 is 0 Å². The third-order valence-corrected chi connectivity index (χ3v) is 8.72. The zero-order valence-corrected chi connectivity index (χ0v) is 25.8. The maximum atomic E-state index is 14.1. The molecule has 0 spiro atoms. The van der Waals surface area contributed by atoms with Crippen LogP contribution in [0.4, 0.5) is 5.69 Å². The van der Waals surface area contributed by atoms with E-state index in [0.29, 0.717) is 80.9 Å². The van der Waals surface area contributed by atoms with Gasteiger partial charge in [0, 0.05) is 49.6 Å². The monoisotopic (exact) mass is 617 g/mol. The molecule has 3 aliphatic rings. The van der Waals surface area contributed by atoms with Crippen LogP contribution in [0.15, 0.2) is 33.9 Å². The minimum atomic E-state index is -0.398. The van der Waals surface area contributed by atoms with Gasteiger partial charge in [-0.15, -0.1) is 0 Å². The van der Waals surface area contributed by atoms with E-state index in [1.807, 2.05) is 17.9 Å². The van der Waals surface area contributed by atoms with Crippen molar-refractivity contribution in [3.8, 4) is 5.75 Å². The van der Waals surface area contributed by atoms with E-state index in [2.05, 4.69) is 26.8 Å². The highest BCUT2D eigenvalue weighted by Gasteiger charge is 2.31. The van der Waals surface area contributed by atoms with E-state index in [-0.39, 0.29) is 40.6 Å². The lowest BCUT2D eigenvalue weighted by molar-refractivity contribution is -0.121. The summed E-state index contributed by atoms with van der Waals surface area (Å²) in [6, 6.07) is 0. The summed E-state index contributed by atoms with van der Waals surface area (Å²) in [7, 11) is 0. The number of oxazole rings is 1. The van der Waals surface area contributed by atoms with Crippen molar-refractivity contribution in [3.05, 3.63) is 57.9 Å². The molecule has 1 aliphatic carbocycles. The number of anilines is 1. The molecule has 13 heteroatoms. The first-order valence-electron chi connectivity index (χ1n) is 15.6. The van der Waals surface area contributed by atoms with E-state index in [1.54, 1.807) is 16.4 Å². The molecule has 0 atom stereocenters. The summed E-state index contributed by atoms with van der Waals surface area (Å²) in [5, 5.41) is 13.3. The molecule has 1 saturated heterocycles. The maximum Gasteiger partial charge on any atom is 0.276 e. The molecule has 3 aromatic heterocycles. The Hall–Kier alpha value is -4.52. The first-order valence-corrected chi connectivity index (χ1v) is 15.6. The van der Waals surface area contributed by atoms with Crippen LogP contribution in [-0.2, 0) is 22.5 Å². The highest BCUT2D eigenvalue weighted by Crippen LogP contribution is 2.34. The number of aromatic nitrogens is 4. The van der Waals surface area contributed by atoms with Gasteiger partial charge in [-0.05, 0) is 32.1 Å². The van der Waals surface area contributed by atoms with E-state index in [4.69, 9.17) is 9.15 Å². The Balaban J connectivity index is 1.31. The van der Waals surface area contributed by atoms with Crippen molar-refractivity contribution in [1.82, 2.24) is 29.7 Å². The number of aromatic hydroxyl groups is 1. The smallest absolute Gasteiger partial charge is 0.276 e. The lowest BCUT2D eigenvalue weighted by Gasteiger charge is -2.36. The Morgan fingerprint density at radius 3 is 2.64 bits per heavy atom. The molecule has 2 fully saturated rings. The molecule has 238 valence electrons. The molecular weight excluding hydrogens is 578 g/mol. The summed E-state index contributed by atoms with van der Waals surface area (Å²) >= 11 is 0. The van der Waals surface area contributed by atoms with Gasteiger partial charge in [-0.2, -0.15) is 0 Å². The van der Waals surface area contributed by atoms with Gasteiger partial charge in [0.2, 0.25) is 22.9 Å². The molecule has 1 saturated carbocycles. The summed E-state index contributed by atoms with van der Waals surface area (Å²) in [4.78, 5) is 56.8. The Kier molecular flexibility index (Phi) is 8.70. The highest BCUT2D eigenvalue weighted by molar-refractivity contribution is 5.95. The second-order valence-electron chi connectivity index (χ2n) is 11.9. The number of hydrogen-bond donors (Lipinski definition) is 2. The lowest BCUT2D eigenvalue weighted by Crippen LogP contribution is -2.50. The molecular formula is C32H39N7O6. The van der Waals surface area contributed by atoms with E-state index in [9.17, 15) is 19.5 Å². The number of aryl methyl sites for hydroxylation is 1. The number of piperazine rings is 1. The molecule has 2 amide bonds. The average molecular weight is 618 g/mol. The third-order valence-electron chi connectivity index (χ3n) is 8.72. The second kappa shape index (κ2) is 12.8. The van der Waals surface area contributed by atoms with Crippen LogP contribution in [0.5, 0.6) is 5.75 Å². The van der Waals surface area contributed by atoms with Gasteiger partial charge < -0.3 is 33.9 Å². The van der Waals surface area contributed by atoms with E-state index < -0.39 is 5.91 Å². The van der Waals surface area contributed by atoms with Crippen LogP contribution in [-0.4, -0.2) is 80.7 Å². The van der Waals surface area contributed by atoms with Crippen LogP contribution in [0, 0.1) is 12.8 Å². The van der Waals surface area contributed by atoms with Crippen LogP contribution in [0.2, 0.25) is 0 Å². The lowest BCUT2D eigenvalue weighted by atomic mass is 10.1. The molecule has 0 unspecified atom stereocenters. The normalized spacial score (nSPS) is 17.0. The van der Waals surface area contributed by atoms with Gasteiger partial charge in [-0.1, -0.05) is 32.4 Å². The zero-order valence-electron chi connectivity index (χ0n) is 25.8. The van der Waals surface area contributed by atoms with Crippen molar-refractivity contribution in [2.45, 2.75) is 58.9 Å². The van der Waals surface area contributed by atoms with Gasteiger partial charge in [0.1, 0.15) is 18.6 Å². The molecule has 0 bridgehead atoms. The van der Waals surface area contributed by atoms with Crippen LogP contribution in [0.25, 0.3) is 16.8 Å². The van der Waals surface area contributed by atoms with Crippen molar-refractivity contribution in [1.29, 1.82) is 0 Å². The molecule has 5 heterocycles. The Bertz CT molecular complexity index is 1730. The number of carbonyl (C=O) groups excluding carboxylic acids is 2. The summed E-state index contributed by atoms with van der Waals surface area (Å²) in [5.41, 5.74) is 3.05. The van der Waals surface area contributed by atoms with Crippen molar-refractivity contribution in [2.24, 2.45) is 5.92 Å². The number of nitrogens with zero attached hydrogens (tertiary/aromatic N) is 6. The van der Waals surface area contributed by atoms with Crippen molar-refractivity contribution in [3.63, 3.8) is 0 Å². The standard InChI is InChI=1S/C32H39N7O6/c1-4-23-27(37-11-13-38(14-12-37)31(43)25-28(41)20(3)33-18-34-25)29(42)26-32(45-30(36-26)22-9-15-44-16-10-22)39(23)17-24(40)35-19(2)5-6-21-7-8-21/h9,18,21,41H,2,4-8,10-17H2,1,3H3,(H,35,40). The SMILES string of the molecule is C=C(CCC1CC1)NC(=O)Cn1c(CC)c(N2CCN(C(=O)c3ncnc(C)c3O)CC2)c(=O)c2nc(C3=CCOCC3)oc21. The molecule has 0 radical (unpaired) electrons. The number of fused-ring (bicyclic) bond motifs is 1. The summed E-state index contributed by atoms with van der Waals surface area (Å²) in [6.45, 7) is 9.83. The number of ether oxygens (including phenoxy) is 1. The fourth-order valence-electron chi connectivity index (χ4n) is 5.98. The number of amides is 2. The predicted octanol–water partition coefficient (Wildman–Crippen LogP) is 2.94. The minimum absolute atomic E-state index is 0.0451. The summed E-state index contributed by atoms with van der Waals surface area (Å²) in [6.07, 6.45) is 8.44. The summed E-state index contributed by atoms with van der Waals surface area (Å²) in [5.74, 6) is 0.195. The Labute approximate surface area is 260 Å². The number of carbonyl (C=O) groups is 2. The Morgan fingerprint density at radius 2 is 1.96 bits per heavy atom. The molecule has 13 nitrogen and oxygen atoms in total. The van der Waals surface area contributed by atoms with Crippen molar-refractivity contribution < 1.29 is 23.8 Å². The number of nitrogens with one attached hydrogen (secondary N) is 1. The average Bonchev–Trinajstić information content (AvgIpc) is 3.77. The topological polar surface area (TPSA) is 156 Å². The van der Waals surface area contributed by atoms with Gasteiger partial charge in [0.05, 0.1) is 18.9 Å². The van der Waals surface area contributed by atoms with E-state index in [1.165, 1.54) is 19.2 Å². The minimum Gasteiger partial charge on any atom is -0.504 e. The van der Waals surface area contributed by atoms with Gasteiger partial charge in [-0.25, -0.2) is 15.0 Å². The van der Waals surface area contributed by atoms with Gasteiger partial charge in [0.25, 0.3) is 5.91 Å². The number of hydrogen-bond acceptors (Lipinski definition) is 10. The highest BCUT2D eigenvalue weighted by atomic mass is 16.5.